The van der Waals surface area contributed by atoms with Crippen LogP contribution in [0.1, 0.15) is 47.2 Å². The predicted molar refractivity (Wildman–Crippen MR) is 285 cm³/mol. The zero-order chi connectivity index (χ0) is 45.1. The summed E-state index contributed by atoms with van der Waals surface area (Å²) in [5.74, 6) is 0. The van der Waals surface area contributed by atoms with E-state index in [0.717, 1.165) is 17.1 Å². The van der Waals surface area contributed by atoms with E-state index >= 15 is 0 Å². The predicted octanol–water partition coefficient (Wildman–Crippen LogP) is 17.6. The molecular weight excluding hydrogens is 821 g/mol. The minimum absolute atomic E-state index is 0.277. The molecule has 0 N–H and O–H groups in total. The van der Waals surface area contributed by atoms with Gasteiger partial charge in [-0.2, -0.15) is 0 Å². The second-order valence-electron chi connectivity index (χ2n) is 19.2. The molecule has 1 spiro atoms. The fourth-order valence-corrected chi connectivity index (χ4v) is 12.4. The molecule has 0 saturated carbocycles. The lowest BCUT2D eigenvalue weighted by molar-refractivity contribution is 0.632. The van der Waals surface area contributed by atoms with E-state index in [0.29, 0.717) is 0 Å². The Balaban J connectivity index is 1.02. The van der Waals surface area contributed by atoms with Crippen molar-refractivity contribution in [1.82, 2.24) is 0 Å². The van der Waals surface area contributed by atoms with E-state index in [4.69, 9.17) is 0 Å². The molecule has 320 valence electrons. The third kappa shape index (κ3) is 5.34. The molecule has 2 aliphatic carbocycles. The van der Waals surface area contributed by atoms with Crippen LogP contribution >= 0.6 is 0 Å². The molecule has 1 aliphatic heterocycles. The van der Waals surface area contributed by atoms with E-state index < -0.39 is 5.41 Å². The minimum atomic E-state index is -0.453. The van der Waals surface area contributed by atoms with Crippen LogP contribution in [0.25, 0.3) is 54.9 Å². The van der Waals surface area contributed by atoms with Crippen molar-refractivity contribution in [3.8, 4) is 33.4 Å². The molecule has 11 aromatic rings. The van der Waals surface area contributed by atoms with Crippen molar-refractivity contribution in [2.45, 2.75) is 24.7 Å². The lowest BCUT2D eigenvalue weighted by Gasteiger charge is -2.43. The van der Waals surface area contributed by atoms with Crippen LogP contribution in [-0.4, -0.2) is 0 Å². The molecule has 14 rings (SSSR count). The number of fused-ring (bicyclic) bond motifs is 14. The molecule has 68 heavy (non-hydrogen) atoms. The van der Waals surface area contributed by atoms with Crippen molar-refractivity contribution < 1.29 is 0 Å². The number of anilines is 6. The number of rotatable bonds is 5. The van der Waals surface area contributed by atoms with E-state index in [1.54, 1.807) is 0 Å². The van der Waals surface area contributed by atoms with Gasteiger partial charge in [-0.05, 0) is 126 Å². The monoisotopic (exact) mass is 866 g/mol. The summed E-state index contributed by atoms with van der Waals surface area (Å²) in [6.45, 7) is 4.78. The van der Waals surface area contributed by atoms with Gasteiger partial charge in [0.15, 0.2) is 0 Å². The number of hydrogen-bond acceptors (Lipinski definition) is 2. The standard InChI is InChI=1S/C66H46N2/c1-65(2)59-30-16-17-31-62(59)68(64-50-23-9-8-19-44(50)34-37-51(64)46-33-32-43-18-6-7-20-45(43)40-46)63-42-49(36-39-60(63)65)67(47-21-4-3-5-22-47)48-35-38-55-54-26-12-15-29-58(54)66(61(55)41-48)56-27-13-10-24-52(56)53-25-11-14-28-57(53)66/h3-42H,1-2H3. The third-order valence-electron chi connectivity index (χ3n) is 15.4. The first-order valence-corrected chi connectivity index (χ1v) is 23.8. The number of hydrogen-bond donors (Lipinski definition) is 0. The summed E-state index contributed by atoms with van der Waals surface area (Å²) in [5, 5.41) is 4.89. The first kappa shape index (κ1) is 38.8. The Kier molecular flexibility index (Phi) is 8.28. The average Bonchev–Trinajstić information content (AvgIpc) is 3.86. The van der Waals surface area contributed by atoms with E-state index in [1.165, 1.54) is 105 Å². The van der Waals surface area contributed by atoms with Gasteiger partial charge in [0.05, 0.1) is 22.5 Å². The summed E-state index contributed by atoms with van der Waals surface area (Å²) in [5.41, 5.74) is 21.7. The summed E-state index contributed by atoms with van der Waals surface area (Å²) in [4.78, 5) is 5.05. The summed E-state index contributed by atoms with van der Waals surface area (Å²) < 4.78 is 0. The molecule has 3 aliphatic rings. The quantitative estimate of drug-likeness (QED) is 0.170. The highest BCUT2D eigenvalue weighted by atomic mass is 15.2. The van der Waals surface area contributed by atoms with Gasteiger partial charge in [-0.1, -0.05) is 208 Å². The summed E-state index contributed by atoms with van der Waals surface area (Å²) >= 11 is 0. The SMILES string of the molecule is CC1(C)c2ccccc2N(c2c(-c3ccc4ccccc4c3)ccc3ccccc23)c2cc(N(c3ccccc3)c3ccc4c(c3)C3(c5ccccc5-c5ccccc53)c3ccccc3-4)ccc21. The van der Waals surface area contributed by atoms with Crippen molar-refractivity contribution in [3.63, 3.8) is 0 Å². The summed E-state index contributed by atoms with van der Waals surface area (Å²) in [6.07, 6.45) is 0. The Morgan fingerprint density at radius 1 is 0.324 bits per heavy atom. The molecule has 0 atom stereocenters. The topological polar surface area (TPSA) is 6.48 Å². The first-order valence-electron chi connectivity index (χ1n) is 23.8. The van der Waals surface area contributed by atoms with E-state index in [1.807, 2.05) is 0 Å². The van der Waals surface area contributed by atoms with Gasteiger partial charge in [0.2, 0.25) is 0 Å². The highest BCUT2D eigenvalue weighted by molar-refractivity contribution is 6.09. The van der Waals surface area contributed by atoms with Crippen LogP contribution < -0.4 is 9.80 Å². The van der Waals surface area contributed by atoms with Gasteiger partial charge in [-0.3, -0.25) is 0 Å². The fraction of sp³-hybridized carbons (Fsp3) is 0.0606. The highest BCUT2D eigenvalue weighted by Crippen LogP contribution is 2.64. The maximum atomic E-state index is 2.58. The smallest absolute Gasteiger partial charge is 0.0726 e. The van der Waals surface area contributed by atoms with Crippen molar-refractivity contribution >= 4 is 55.7 Å². The van der Waals surface area contributed by atoms with Gasteiger partial charge in [-0.25, -0.2) is 0 Å². The van der Waals surface area contributed by atoms with Crippen LogP contribution in [0.3, 0.4) is 0 Å². The van der Waals surface area contributed by atoms with Crippen molar-refractivity contribution in [2.75, 3.05) is 9.80 Å². The molecule has 0 aromatic heterocycles. The largest absolute Gasteiger partial charge is 0.310 e. The maximum Gasteiger partial charge on any atom is 0.0726 e. The summed E-state index contributed by atoms with van der Waals surface area (Å²) in [7, 11) is 0. The highest BCUT2D eigenvalue weighted by Gasteiger charge is 2.51. The van der Waals surface area contributed by atoms with Gasteiger partial charge in [-0.15, -0.1) is 0 Å². The molecule has 0 fully saturated rings. The molecule has 0 unspecified atom stereocenters. The lowest BCUT2D eigenvalue weighted by Crippen LogP contribution is -2.31. The van der Waals surface area contributed by atoms with Gasteiger partial charge in [0, 0.05) is 33.4 Å². The van der Waals surface area contributed by atoms with E-state index in [9.17, 15) is 0 Å². The van der Waals surface area contributed by atoms with Gasteiger partial charge >= 0.3 is 0 Å². The zero-order valence-corrected chi connectivity index (χ0v) is 38.0. The van der Waals surface area contributed by atoms with Gasteiger partial charge in [0.25, 0.3) is 0 Å². The Hall–Kier alpha value is -8.46. The molecular formula is C66H46N2. The third-order valence-corrected chi connectivity index (χ3v) is 15.4. The second-order valence-corrected chi connectivity index (χ2v) is 19.2. The van der Waals surface area contributed by atoms with Crippen LogP contribution in [0.15, 0.2) is 243 Å². The molecule has 0 bridgehead atoms. The molecule has 2 nitrogen and oxygen atoms in total. The molecule has 0 saturated heterocycles. The van der Waals surface area contributed by atoms with Crippen LogP contribution in [0.2, 0.25) is 0 Å². The molecule has 11 aromatic carbocycles. The number of nitrogens with zero attached hydrogens (tertiary/aromatic N) is 2. The molecule has 2 heteroatoms. The van der Waals surface area contributed by atoms with E-state index in [2.05, 4.69) is 266 Å². The van der Waals surface area contributed by atoms with Crippen molar-refractivity contribution in [1.29, 1.82) is 0 Å². The van der Waals surface area contributed by atoms with Crippen molar-refractivity contribution in [3.05, 3.63) is 276 Å². The van der Waals surface area contributed by atoms with Crippen LogP contribution in [0, 0.1) is 0 Å². The van der Waals surface area contributed by atoms with E-state index in [-0.39, 0.29) is 5.41 Å². The Labute approximate surface area is 397 Å². The van der Waals surface area contributed by atoms with Crippen LogP contribution in [-0.2, 0) is 10.8 Å². The summed E-state index contributed by atoms with van der Waals surface area (Å²) in [6, 6.07) is 90.8. The average molecular weight is 867 g/mol. The maximum absolute atomic E-state index is 2.58. The normalized spacial score (nSPS) is 14.2. The van der Waals surface area contributed by atoms with Crippen LogP contribution in [0.4, 0.5) is 34.1 Å². The zero-order valence-electron chi connectivity index (χ0n) is 38.0. The minimum Gasteiger partial charge on any atom is -0.310 e. The number of para-hydroxylation sites is 2. The first-order chi connectivity index (χ1) is 33.5. The Morgan fingerprint density at radius 2 is 0.838 bits per heavy atom. The molecule has 0 radical (unpaired) electrons. The molecule has 1 heterocycles. The van der Waals surface area contributed by atoms with Crippen LogP contribution in [0.5, 0.6) is 0 Å². The van der Waals surface area contributed by atoms with Gasteiger partial charge < -0.3 is 9.80 Å². The second kappa shape index (κ2) is 14.5. The Bertz CT molecular complexity index is 3800. The Morgan fingerprint density at radius 3 is 1.56 bits per heavy atom. The fourth-order valence-electron chi connectivity index (χ4n) is 12.4. The van der Waals surface area contributed by atoms with Gasteiger partial charge in [0.1, 0.15) is 0 Å². The molecule has 0 amide bonds. The lowest BCUT2D eigenvalue weighted by atomic mass is 9.70. The van der Waals surface area contributed by atoms with Crippen molar-refractivity contribution in [2.24, 2.45) is 0 Å². The number of benzene rings is 11.